The van der Waals surface area contributed by atoms with Gasteiger partial charge in [-0.2, -0.15) is 0 Å². The van der Waals surface area contributed by atoms with E-state index in [1.54, 1.807) is 30.5 Å². The van der Waals surface area contributed by atoms with E-state index in [0.717, 1.165) is 16.5 Å². The summed E-state index contributed by atoms with van der Waals surface area (Å²) in [6, 6.07) is 24.2. The Labute approximate surface area is 174 Å². The van der Waals surface area contributed by atoms with Gasteiger partial charge in [-0.3, -0.25) is 20.4 Å². The average molecular weight is 399 g/mol. The molecule has 30 heavy (non-hydrogen) atoms. The Morgan fingerprint density at radius 1 is 0.833 bits per heavy atom. The molecule has 0 fully saturated rings. The summed E-state index contributed by atoms with van der Waals surface area (Å²) in [6.07, 6.45) is 1.74. The van der Waals surface area contributed by atoms with Crippen molar-refractivity contribution in [2.45, 2.75) is 6.61 Å². The molecule has 0 aliphatic rings. The van der Waals surface area contributed by atoms with Gasteiger partial charge < -0.3 is 9.30 Å². The van der Waals surface area contributed by atoms with Crippen molar-refractivity contribution in [2.75, 3.05) is 0 Å². The molecule has 0 saturated carbocycles. The number of carbonyl (C=O) groups is 2. The highest BCUT2D eigenvalue weighted by Gasteiger charge is 2.14. The van der Waals surface area contributed by atoms with E-state index in [9.17, 15) is 9.59 Å². The van der Waals surface area contributed by atoms with Gasteiger partial charge in [0.25, 0.3) is 11.8 Å². The first-order valence-electron chi connectivity index (χ1n) is 9.53. The lowest BCUT2D eigenvalue weighted by Gasteiger charge is -2.09. The Kier molecular flexibility index (Phi) is 5.48. The van der Waals surface area contributed by atoms with E-state index in [4.69, 9.17) is 4.74 Å². The van der Waals surface area contributed by atoms with Crippen molar-refractivity contribution in [3.8, 4) is 5.75 Å². The van der Waals surface area contributed by atoms with Gasteiger partial charge in [-0.05, 0) is 35.9 Å². The van der Waals surface area contributed by atoms with Gasteiger partial charge in [-0.25, -0.2) is 0 Å². The molecule has 6 nitrogen and oxygen atoms in total. The van der Waals surface area contributed by atoms with Crippen LogP contribution in [0.1, 0.15) is 26.3 Å². The summed E-state index contributed by atoms with van der Waals surface area (Å²) < 4.78 is 7.60. The molecular formula is C24H21N3O3. The van der Waals surface area contributed by atoms with Crippen LogP contribution in [0.25, 0.3) is 10.9 Å². The van der Waals surface area contributed by atoms with Gasteiger partial charge in [0.2, 0.25) is 0 Å². The number of para-hydroxylation sites is 1. The summed E-state index contributed by atoms with van der Waals surface area (Å²) in [5, 5.41) is 0.826. The summed E-state index contributed by atoms with van der Waals surface area (Å²) in [4.78, 5) is 24.9. The van der Waals surface area contributed by atoms with E-state index < -0.39 is 5.91 Å². The SMILES string of the molecule is Cn1cc(C(=O)NNC(=O)c2ccc(OCc3ccccc3)cc2)c2ccccc21. The van der Waals surface area contributed by atoms with Crippen LogP contribution in [-0.2, 0) is 13.7 Å². The molecular weight excluding hydrogens is 378 g/mol. The zero-order valence-electron chi connectivity index (χ0n) is 16.5. The van der Waals surface area contributed by atoms with Gasteiger partial charge in [-0.15, -0.1) is 0 Å². The quantitative estimate of drug-likeness (QED) is 0.501. The third kappa shape index (κ3) is 4.17. The second-order valence-corrected chi connectivity index (χ2v) is 6.88. The molecule has 0 radical (unpaired) electrons. The normalized spacial score (nSPS) is 10.6. The Hall–Kier alpha value is -4.06. The molecule has 4 aromatic rings. The van der Waals surface area contributed by atoms with E-state index in [-0.39, 0.29) is 5.91 Å². The minimum atomic E-state index is -0.404. The number of rotatable bonds is 5. The number of nitrogens with one attached hydrogen (secondary N) is 2. The molecule has 1 aromatic heterocycles. The maximum absolute atomic E-state index is 12.5. The molecule has 0 atom stereocenters. The predicted molar refractivity (Wildman–Crippen MR) is 115 cm³/mol. The largest absolute Gasteiger partial charge is 0.489 e. The number of ether oxygens (including phenoxy) is 1. The lowest BCUT2D eigenvalue weighted by Crippen LogP contribution is -2.41. The number of hydrogen-bond donors (Lipinski definition) is 2. The van der Waals surface area contributed by atoms with Crippen LogP contribution in [-0.4, -0.2) is 16.4 Å². The number of benzene rings is 3. The lowest BCUT2D eigenvalue weighted by molar-refractivity contribution is 0.0847. The van der Waals surface area contributed by atoms with Crippen molar-refractivity contribution in [3.63, 3.8) is 0 Å². The molecule has 0 unspecified atom stereocenters. The van der Waals surface area contributed by atoms with Crippen molar-refractivity contribution >= 4 is 22.7 Å². The van der Waals surface area contributed by atoms with Crippen LogP contribution in [0, 0.1) is 0 Å². The monoisotopic (exact) mass is 399 g/mol. The number of aromatic nitrogens is 1. The first kappa shape index (κ1) is 19.3. The minimum absolute atomic E-state index is 0.372. The van der Waals surface area contributed by atoms with Gasteiger partial charge in [0, 0.05) is 29.7 Å². The molecule has 3 aromatic carbocycles. The van der Waals surface area contributed by atoms with Crippen molar-refractivity contribution in [3.05, 3.63) is 102 Å². The summed E-state index contributed by atoms with van der Waals surface area (Å²) in [5.41, 5.74) is 7.87. The smallest absolute Gasteiger partial charge is 0.271 e. The molecule has 2 N–H and O–H groups in total. The minimum Gasteiger partial charge on any atom is -0.489 e. The third-order valence-corrected chi connectivity index (χ3v) is 4.80. The van der Waals surface area contributed by atoms with Crippen LogP contribution in [0.15, 0.2) is 85.1 Å². The second kappa shape index (κ2) is 8.53. The van der Waals surface area contributed by atoms with E-state index >= 15 is 0 Å². The number of amides is 2. The lowest BCUT2D eigenvalue weighted by atomic mass is 10.2. The van der Waals surface area contributed by atoms with Gasteiger partial charge >= 0.3 is 0 Å². The molecule has 150 valence electrons. The highest BCUT2D eigenvalue weighted by molar-refractivity contribution is 6.08. The van der Waals surface area contributed by atoms with Crippen LogP contribution in [0.3, 0.4) is 0 Å². The Morgan fingerprint density at radius 3 is 2.27 bits per heavy atom. The van der Waals surface area contributed by atoms with Crippen molar-refractivity contribution in [1.29, 1.82) is 0 Å². The Morgan fingerprint density at radius 2 is 1.50 bits per heavy atom. The second-order valence-electron chi connectivity index (χ2n) is 6.88. The summed E-state index contributed by atoms with van der Waals surface area (Å²) in [6.45, 7) is 0.452. The highest BCUT2D eigenvalue weighted by atomic mass is 16.5. The first-order chi connectivity index (χ1) is 14.6. The molecule has 2 amide bonds. The zero-order chi connectivity index (χ0) is 20.9. The number of aryl methyl sites for hydroxylation is 1. The average Bonchev–Trinajstić information content (AvgIpc) is 3.14. The third-order valence-electron chi connectivity index (χ3n) is 4.80. The number of fused-ring (bicyclic) bond motifs is 1. The zero-order valence-corrected chi connectivity index (χ0v) is 16.5. The predicted octanol–water partition coefficient (Wildman–Crippen LogP) is 3.83. The summed E-state index contributed by atoms with van der Waals surface area (Å²) >= 11 is 0. The molecule has 0 aliphatic carbocycles. The number of carbonyl (C=O) groups excluding carboxylic acids is 2. The number of nitrogens with zero attached hydrogens (tertiary/aromatic N) is 1. The molecule has 0 aliphatic heterocycles. The van der Waals surface area contributed by atoms with Gasteiger partial charge in [-0.1, -0.05) is 48.5 Å². The molecule has 0 saturated heterocycles. The van der Waals surface area contributed by atoms with E-state index in [1.165, 1.54) is 0 Å². The van der Waals surface area contributed by atoms with Gasteiger partial charge in [0.05, 0.1) is 5.56 Å². The molecule has 6 heteroatoms. The van der Waals surface area contributed by atoms with E-state index in [1.807, 2.05) is 66.2 Å². The summed E-state index contributed by atoms with van der Waals surface area (Å²) in [7, 11) is 1.87. The van der Waals surface area contributed by atoms with Crippen LogP contribution in [0.4, 0.5) is 0 Å². The maximum atomic E-state index is 12.5. The summed E-state index contributed by atoms with van der Waals surface area (Å²) in [5.74, 6) is -0.114. The first-order valence-corrected chi connectivity index (χ1v) is 9.53. The topological polar surface area (TPSA) is 72.4 Å². The fourth-order valence-corrected chi connectivity index (χ4v) is 3.22. The van der Waals surface area contributed by atoms with Crippen LogP contribution in [0.5, 0.6) is 5.75 Å². The standard InChI is InChI=1S/C24H21N3O3/c1-27-15-21(20-9-5-6-10-22(20)27)24(29)26-25-23(28)18-11-13-19(14-12-18)30-16-17-7-3-2-4-8-17/h2-15H,16H2,1H3,(H,25,28)(H,26,29). The molecule has 4 rings (SSSR count). The van der Waals surface area contributed by atoms with Gasteiger partial charge in [0.1, 0.15) is 12.4 Å². The van der Waals surface area contributed by atoms with Gasteiger partial charge in [0.15, 0.2) is 0 Å². The molecule has 1 heterocycles. The molecule has 0 bridgehead atoms. The van der Waals surface area contributed by atoms with E-state index in [2.05, 4.69) is 10.9 Å². The van der Waals surface area contributed by atoms with Crippen molar-refractivity contribution in [1.82, 2.24) is 15.4 Å². The Balaban J connectivity index is 1.35. The number of hydrazine groups is 1. The van der Waals surface area contributed by atoms with Crippen molar-refractivity contribution in [2.24, 2.45) is 7.05 Å². The van der Waals surface area contributed by atoms with E-state index in [0.29, 0.717) is 23.5 Å². The van der Waals surface area contributed by atoms with Crippen LogP contribution >= 0.6 is 0 Å². The maximum Gasteiger partial charge on any atom is 0.271 e. The fourth-order valence-electron chi connectivity index (χ4n) is 3.22. The highest BCUT2D eigenvalue weighted by Crippen LogP contribution is 2.20. The van der Waals surface area contributed by atoms with Crippen LogP contribution in [0.2, 0.25) is 0 Å². The fraction of sp³-hybridized carbons (Fsp3) is 0.0833. The van der Waals surface area contributed by atoms with Crippen molar-refractivity contribution < 1.29 is 14.3 Å². The Bertz CT molecular complexity index is 1180. The number of hydrogen-bond acceptors (Lipinski definition) is 3. The van der Waals surface area contributed by atoms with Crippen LogP contribution < -0.4 is 15.6 Å². The molecule has 0 spiro atoms.